The molecule has 0 aliphatic carbocycles. The van der Waals surface area contributed by atoms with E-state index in [0.29, 0.717) is 29.4 Å². The molecule has 4 rings (SSSR count). The first kappa shape index (κ1) is 24.4. The number of carbonyl (C=O) groups excluding carboxylic acids is 2. The van der Waals surface area contributed by atoms with Gasteiger partial charge in [-0.25, -0.2) is 0 Å². The zero-order valence-electron chi connectivity index (χ0n) is 17.9. The predicted octanol–water partition coefficient (Wildman–Crippen LogP) is 5.47. The lowest BCUT2D eigenvalue weighted by atomic mass is 10.1. The molecule has 3 aromatic carbocycles. The van der Waals surface area contributed by atoms with Gasteiger partial charge in [0.25, 0.3) is 11.8 Å². The van der Waals surface area contributed by atoms with E-state index in [4.69, 9.17) is 21.7 Å². The van der Waals surface area contributed by atoms with Crippen LogP contribution in [0.1, 0.15) is 11.1 Å². The van der Waals surface area contributed by atoms with Gasteiger partial charge in [0.15, 0.2) is 16.6 Å². The average Bonchev–Trinajstić information content (AvgIpc) is 2.82. The van der Waals surface area contributed by atoms with E-state index in [-0.39, 0.29) is 10.7 Å². The van der Waals surface area contributed by atoms with Crippen LogP contribution in [-0.2, 0) is 16.2 Å². The van der Waals surface area contributed by atoms with Crippen LogP contribution in [0.15, 0.2) is 76.8 Å². The van der Waals surface area contributed by atoms with Gasteiger partial charge in [-0.05, 0) is 76.8 Å². The maximum atomic E-state index is 13.2. The van der Waals surface area contributed by atoms with Crippen LogP contribution in [0.5, 0.6) is 11.5 Å². The number of nitrogens with one attached hydrogen (secondary N) is 1. The van der Waals surface area contributed by atoms with E-state index >= 15 is 0 Å². The molecule has 1 aliphatic heterocycles. The van der Waals surface area contributed by atoms with E-state index in [1.807, 2.05) is 36.4 Å². The summed E-state index contributed by atoms with van der Waals surface area (Å²) in [6.45, 7) is 0.346. The first-order valence-electron chi connectivity index (χ1n) is 10.1. The summed E-state index contributed by atoms with van der Waals surface area (Å²) in [4.78, 5) is 27.1. The lowest BCUT2D eigenvalue weighted by Gasteiger charge is -2.28. The van der Waals surface area contributed by atoms with Gasteiger partial charge < -0.3 is 9.47 Å². The summed E-state index contributed by atoms with van der Waals surface area (Å²) in [6, 6.07) is 20.3. The Morgan fingerprint density at radius 2 is 1.79 bits per heavy atom. The van der Waals surface area contributed by atoms with Crippen molar-refractivity contribution in [1.29, 1.82) is 0 Å². The summed E-state index contributed by atoms with van der Waals surface area (Å²) < 4.78 is 13.3. The number of ether oxygens (including phenoxy) is 2. The molecule has 0 aromatic heterocycles. The fourth-order valence-electron chi connectivity index (χ4n) is 3.36. The maximum absolute atomic E-state index is 13.2. The van der Waals surface area contributed by atoms with Crippen molar-refractivity contribution in [2.24, 2.45) is 0 Å². The van der Waals surface area contributed by atoms with Gasteiger partial charge in [-0.1, -0.05) is 52.3 Å². The fraction of sp³-hybridized carbons (Fsp3) is 0.0800. The summed E-state index contributed by atoms with van der Waals surface area (Å²) in [7, 11) is 1.54. The van der Waals surface area contributed by atoms with Gasteiger partial charge in [-0.3, -0.25) is 19.8 Å². The van der Waals surface area contributed by atoms with Crippen molar-refractivity contribution in [3.05, 3.63) is 91.5 Å². The van der Waals surface area contributed by atoms with Crippen molar-refractivity contribution in [1.82, 2.24) is 5.32 Å². The maximum Gasteiger partial charge on any atom is 0.270 e. The van der Waals surface area contributed by atoms with E-state index in [1.54, 1.807) is 37.4 Å². The molecule has 34 heavy (non-hydrogen) atoms. The quantitative estimate of drug-likeness (QED) is 0.166. The number of anilines is 1. The minimum Gasteiger partial charge on any atom is -0.493 e. The van der Waals surface area contributed by atoms with Crippen LogP contribution in [0.4, 0.5) is 5.69 Å². The Morgan fingerprint density at radius 3 is 2.50 bits per heavy atom. The first-order chi connectivity index (χ1) is 16.4. The molecule has 1 N–H and O–H groups in total. The Balaban J connectivity index is 1.65. The Kier molecular flexibility index (Phi) is 7.64. The van der Waals surface area contributed by atoms with Crippen LogP contribution < -0.4 is 19.7 Å². The lowest BCUT2D eigenvalue weighted by Crippen LogP contribution is -2.54. The predicted molar refractivity (Wildman–Crippen MR) is 147 cm³/mol. The number of halogens is 2. The van der Waals surface area contributed by atoms with Crippen molar-refractivity contribution in [2.75, 3.05) is 12.0 Å². The van der Waals surface area contributed by atoms with E-state index in [9.17, 15) is 9.59 Å². The molecule has 0 bridgehead atoms. The number of nitrogens with zero attached hydrogens (tertiary/aromatic N) is 1. The van der Waals surface area contributed by atoms with Crippen molar-refractivity contribution < 1.29 is 19.1 Å². The molecule has 6 nitrogen and oxygen atoms in total. The van der Waals surface area contributed by atoms with Crippen LogP contribution in [0, 0.1) is 3.57 Å². The van der Waals surface area contributed by atoms with E-state index < -0.39 is 11.8 Å². The second kappa shape index (κ2) is 10.7. The molecule has 1 saturated heterocycles. The molecule has 0 saturated carbocycles. The molecule has 0 radical (unpaired) electrons. The Bertz CT molecular complexity index is 1310. The molecule has 3 aromatic rings. The minimum absolute atomic E-state index is 0.0304. The zero-order valence-corrected chi connectivity index (χ0v) is 22.4. The van der Waals surface area contributed by atoms with Gasteiger partial charge in [0.2, 0.25) is 0 Å². The molecular formula is C25H18BrIN2O4S. The van der Waals surface area contributed by atoms with E-state index in [0.717, 1.165) is 13.6 Å². The molecule has 172 valence electrons. The monoisotopic (exact) mass is 648 g/mol. The standard InChI is InChI=1S/C25H18BrIN2O4S/c1-32-21-13-15(12-20(27)22(21)33-14-16-7-5-6-10-19(16)26)11-18-23(30)28-25(34)29(24(18)31)17-8-3-2-4-9-17/h2-13H,14H2,1H3,(H,28,30,34)/b18-11-. The summed E-state index contributed by atoms with van der Waals surface area (Å²) >= 11 is 10.9. The van der Waals surface area contributed by atoms with Gasteiger partial charge in [0.1, 0.15) is 12.2 Å². The highest BCUT2D eigenvalue weighted by Gasteiger charge is 2.34. The third-order valence-corrected chi connectivity index (χ3v) is 6.87. The Hall–Kier alpha value is -2.76. The van der Waals surface area contributed by atoms with Crippen molar-refractivity contribution >= 4 is 79.4 Å². The molecule has 1 heterocycles. The van der Waals surface area contributed by atoms with Crippen LogP contribution in [0.2, 0.25) is 0 Å². The number of para-hydroxylation sites is 1. The minimum atomic E-state index is -0.551. The summed E-state index contributed by atoms with van der Waals surface area (Å²) in [6.07, 6.45) is 1.53. The first-order valence-corrected chi connectivity index (χ1v) is 12.4. The molecule has 0 unspecified atom stereocenters. The lowest BCUT2D eigenvalue weighted by molar-refractivity contribution is -0.122. The van der Waals surface area contributed by atoms with Crippen molar-refractivity contribution in [2.45, 2.75) is 6.61 Å². The number of benzene rings is 3. The van der Waals surface area contributed by atoms with E-state index in [1.165, 1.54) is 11.0 Å². The van der Waals surface area contributed by atoms with Gasteiger partial charge in [-0.2, -0.15) is 0 Å². The Labute approximate surface area is 224 Å². The fourth-order valence-corrected chi connectivity index (χ4v) is 4.83. The summed E-state index contributed by atoms with van der Waals surface area (Å²) in [5, 5.41) is 2.64. The third-order valence-electron chi connectivity index (χ3n) is 5.01. The molecule has 0 atom stereocenters. The van der Waals surface area contributed by atoms with Gasteiger partial charge in [-0.15, -0.1) is 0 Å². The average molecular weight is 649 g/mol. The second-order valence-corrected chi connectivity index (χ2v) is 9.61. The number of carbonyl (C=O) groups is 2. The number of amides is 2. The Morgan fingerprint density at radius 1 is 1.09 bits per heavy atom. The summed E-state index contributed by atoms with van der Waals surface area (Å²) in [5.41, 5.74) is 2.16. The van der Waals surface area contributed by atoms with Crippen molar-refractivity contribution in [3.8, 4) is 11.5 Å². The molecule has 1 fully saturated rings. The van der Waals surface area contributed by atoms with Crippen LogP contribution in [0.3, 0.4) is 0 Å². The van der Waals surface area contributed by atoms with Gasteiger partial charge >= 0.3 is 0 Å². The van der Waals surface area contributed by atoms with Crippen molar-refractivity contribution in [3.63, 3.8) is 0 Å². The summed E-state index contributed by atoms with van der Waals surface area (Å²) in [5.74, 6) is 0.0195. The normalized spacial score (nSPS) is 14.9. The topological polar surface area (TPSA) is 67.9 Å². The number of hydrogen-bond donors (Lipinski definition) is 1. The number of hydrogen-bond acceptors (Lipinski definition) is 5. The largest absolute Gasteiger partial charge is 0.493 e. The highest BCUT2D eigenvalue weighted by Crippen LogP contribution is 2.36. The van der Waals surface area contributed by atoms with E-state index in [2.05, 4.69) is 43.8 Å². The number of methoxy groups -OCH3 is 1. The van der Waals surface area contributed by atoms with Crippen LogP contribution >= 0.6 is 50.7 Å². The second-order valence-electron chi connectivity index (χ2n) is 7.21. The van der Waals surface area contributed by atoms with Crippen LogP contribution in [0.25, 0.3) is 6.08 Å². The molecule has 1 aliphatic rings. The highest BCUT2D eigenvalue weighted by molar-refractivity contribution is 14.1. The molecule has 0 spiro atoms. The smallest absolute Gasteiger partial charge is 0.270 e. The number of thiocarbonyl (C=S) groups is 1. The molecular weight excluding hydrogens is 631 g/mol. The van der Waals surface area contributed by atoms with Gasteiger partial charge in [0.05, 0.1) is 16.4 Å². The molecule has 9 heteroatoms. The van der Waals surface area contributed by atoms with Crippen LogP contribution in [-0.4, -0.2) is 24.0 Å². The number of rotatable bonds is 6. The van der Waals surface area contributed by atoms with Gasteiger partial charge in [0, 0.05) is 10.0 Å². The molecule has 2 amide bonds. The SMILES string of the molecule is COc1cc(/C=C2/C(=O)NC(=S)N(c3ccccc3)C2=O)cc(I)c1OCc1ccccc1Br. The highest BCUT2D eigenvalue weighted by atomic mass is 127. The zero-order chi connectivity index (χ0) is 24.2. The third kappa shape index (κ3) is 5.16.